The second-order valence-electron chi connectivity index (χ2n) is 8.82. The van der Waals surface area contributed by atoms with E-state index in [1.54, 1.807) is 0 Å². The van der Waals surface area contributed by atoms with Crippen molar-refractivity contribution < 1.29 is 32.2 Å². The van der Waals surface area contributed by atoms with Gasteiger partial charge >= 0.3 is 12.1 Å². The number of carbonyl (C=O) groups excluding carboxylic acids is 1. The summed E-state index contributed by atoms with van der Waals surface area (Å²) in [5, 5.41) is 0. The predicted molar refractivity (Wildman–Crippen MR) is 106 cm³/mol. The van der Waals surface area contributed by atoms with Crippen LogP contribution in [0.2, 0.25) is 0 Å². The van der Waals surface area contributed by atoms with Crippen molar-refractivity contribution in [3.63, 3.8) is 0 Å². The number of methoxy groups -OCH3 is 1. The summed E-state index contributed by atoms with van der Waals surface area (Å²) in [7, 11) is 1.34. The van der Waals surface area contributed by atoms with Crippen LogP contribution in [-0.4, -0.2) is 31.4 Å². The Balaban J connectivity index is 1.71. The normalized spacial score (nSPS) is 32.4. The Kier molecular flexibility index (Phi) is 6.35. The van der Waals surface area contributed by atoms with E-state index < -0.39 is 23.8 Å². The summed E-state index contributed by atoms with van der Waals surface area (Å²) in [6.07, 6.45) is 0.517. The van der Waals surface area contributed by atoms with Gasteiger partial charge in [0.25, 0.3) is 0 Å². The van der Waals surface area contributed by atoms with Crippen molar-refractivity contribution in [3.8, 4) is 0 Å². The van der Waals surface area contributed by atoms with Crippen molar-refractivity contribution in [2.75, 3.05) is 13.7 Å². The third kappa shape index (κ3) is 4.42. The molecule has 4 nitrogen and oxygen atoms in total. The number of hydrogen-bond acceptors (Lipinski definition) is 4. The van der Waals surface area contributed by atoms with E-state index in [1.807, 2.05) is 13.0 Å². The van der Waals surface area contributed by atoms with Crippen LogP contribution in [-0.2, 0) is 25.2 Å². The lowest BCUT2D eigenvalue weighted by Gasteiger charge is -2.45. The third-order valence-corrected chi connectivity index (χ3v) is 6.52. The molecule has 0 N–H and O–H groups in total. The van der Waals surface area contributed by atoms with Gasteiger partial charge in [0, 0.05) is 18.9 Å². The van der Waals surface area contributed by atoms with Crippen LogP contribution in [0.3, 0.4) is 0 Å². The van der Waals surface area contributed by atoms with E-state index >= 15 is 0 Å². The molecular weight excluding hydrogens is 397 g/mol. The highest BCUT2D eigenvalue weighted by molar-refractivity contribution is 5.76. The Morgan fingerprint density at radius 1 is 1.27 bits per heavy atom. The minimum Gasteiger partial charge on any atom is -0.460 e. The van der Waals surface area contributed by atoms with E-state index in [0.29, 0.717) is 30.9 Å². The zero-order chi connectivity index (χ0) is 22.2. The van der Waals surface area contributed by atoms with E-state index in [2.05, 4.69) is 19.9 Å². The molecule has 1 heterocycles. The highest BCUT2D eigenvalue weighted by Crippen LogP contribution is 2.56. The lowest BCUT2D eigenvalue weighted by molar-refractivity contribution is -0.169. The van der Waals surface area contributed by atoms with Gasteiger partial charge in [0.15, 0.2) is 6.10 Å². The first-order valence-corrected chi connectivity index (χ1v) is 10.2. The van der Waals surface area contributed by atoms with Gasteiger partial charge in [0.1, 0.15) is 6.10 Å². The number of esters is 1. The highest BCUT2D eigenvalue weighted by Gasteiger charge is 2.58. The number of benzene rings is 1. The van der Waals surface area contributed by atoms with Crippen molar-refractivity contribution in [3.05, 3.63) is 47.5 Å². The summed E-state index contributed by atoms with van der Waals surface area (Å²) >= 11 is 0. The Bertz CT molecular complexity index is 769. The Morgan fingerprint density at radius 3 is 2.47 bits per heavy atom. The van der Waals surface area contributed by atoms with Gasteiger partial charge < -0.3 is 14.2 Å². The minimum atomic E-state index is -4.43. The number of ether oxygens (including phenoxy) is 3. The van der Waals surface area contributed by atoms with Gasteiger partial charge in [-0.15, -0.1) is 0 Å². The van der Waals surface area contributed by atoms with Crippen molar-refractivity contribution in [2.45, 2.75) is 64.0 Å². The van der Waals surface area contributed by atoms with E-state index in [1.165, 1.54) is 19.2 Å². The number of carbonyl (C=O) groups is 1. The van der Waals surface area contributed by atoms with Crippen LogP contribution in [0.5, 0.6) is 0 Å². The molecule has 0 amide bonds. The molecule has 2 fully saturated rings. The van der Waals surface area contributed by atoms with Crippen LogP contribution in [0.1, 0.15) is 57.3 Å². The van der Waals surface area contributed by atoms with Gasteiger partial charge in [-0.25, -0.2) is 4.79 Å². The molecule has 1 unspecified atom stereocenters. The lowest BCUT2D eigenvalue weighted by atomic mass is 9.61. The van der Waals surface area contributed by atoms with E-state index in [4.69, 9.17) is 14.2 Å². The average molecular weight is 426 g/mol. The molecule has 1 aromatic carbocycles. The van der Waals surface area contributed by atoms with Crippen molar-refractivity contribution in [1.82, 2.24) is 0 Å². The van der Waals surface area contributed by atoms with Crippen LogP contribution in [0.15, 0.2) is 36.4 Å². The summed E-state index contributed by atoms with van der Waals surface area (Å²) in [5.74, 6) is -0.259. The van der Waals surface area contributed by atoms with Crippen LogP contribution in [0.25, 0.3) is 0 Å². The molecule has 0 aromatic heterocycles. The van der Waals surface area contributed by atoms with Crippen LogP contribution < -0.4 is 0 Å². The van der Waals surface area contributed by atoms with Crippen molar-refractivity contribution in [2.24, 2.45) is 11.3 Å². The fourth-order valence-corrected chi connectivity index (χ4v) is 5.05. The second kappa shape index (κ2) is 8.35. The topological polar surface area (TPSA) is 44.8 Å². The number of allylic oxidation sites excluding steroid dienone is 2. The summed E-state index contributed by atoms with van der Waals surface area (Å²) < 4.78 is 55.6. The van der Waals surface area contributed by atoms with E-state index in [9.17, 15) is 18.0 Å². The van der Waals surface area contributed by atoms with Gasteiger partial charge in [-0.1, -0.05) is 31.2 Å². The van der Waals surface area contributed by atoms with Gasteiger partial charge in [-0.05, 0) is 50.3 Å². The standard InChI is InChI=1S/C23H29F3O4/c1-5-6-7-18-21(2)12-17(13-22(18,3)29-14-21)30-20(27)19(28-4)15-8-10-16(11-9-15)23(24,25)26/h5-6,8-11,17-19H,7,12-14H2,1-4H3/b6-5+/t17?,18-,19+,21-,22-/m0/s1. The quantitative estimate of drug-likeness (QED) is 0.447. The van der Waals surface area contributed by atoms with Crippen LogP contribution in [0.4, 0.5) is 13.2 Å². The van der Waals surface area contributed by atoms with Crippen molar-refractivity contribution >= 4 is 5.97 Å². The number of hydrogen-bond donors (Lipinski definition) is 0. The smallest absolute Gasteiger partial charge is 0.416 e. The molecule has 5 atom stereocenters. The monoisotopic (exact) mass is 426 g/mol. The second-order valence-corrected chi connectivity index (χ2v) is 8.82. The first-order chi connectivity index (χ1) is 14.0. The molecule has 7 heteroatoms. The number of fused-ring (bicyclic) bond motifs is 2. The van der Waals surface area contributed by atoms with E-state index in [0.717, 1.165) is 18.6 Å². The van der Waals surface area contributed by atoms with Gasteiger partial charge in [-0.2, -0.15) is 13.2 Å². The highest BCUT2D eigenvalue weighted by atomic mass is 19.4. The Labute approximate surface area is 175 Å². The summed E-state index contributed by atoms with van der Waals surface area (Å²) in [6.45, 7) is 6.84. The third-order valence-electron chi connectivity index (χ3n) is 6.52. The predicted octanol–water partition coefficient (Wildman–Crippen LogP) is 5.48. The fourth-order valence-electron chi connectivity index (χ4n) is 5.05. The molecule has 0 spiro atoms. The van der Waals surface area contributed by atoms with Gasteiger partial charge in [0.05, 0.1) is 17.8 Å². The largest absolute Gasteiger partial charge is 0.460 e. The molecular formula is C23H29F3O4. The molecule has 1 aliphatic carbocycles. The maximum Gasteiger partial charge on any atom is 0.416 e. The molecule has 1 aromatic rings. The molecule has 30 heavy (non-hydrogen) atoms. The summed E-state index contributed by atoms with van der Waals surface area (Å²) in [4.78, 5) is 12.8. The summed E-state index contributed by atoms with van der Waals surface area (Å²) in [6, 6.07) is 4.39. The maximum atomic E-state index is 12.8. The Morgan fingerprint density at radius 2 is 1.93 bits per heavy atom. The average Bonchev–Trinajstić information content (AvgIpc) is 2.81. The van der Waals surface area contributed by atoms with Gasteiger partial charge in [-0.3, -0.25) is 0 Å². The fraction of sp³-hybridized carbons (Fsp3) is 0.609. The SMILES string of the molecule is C/C=C/C[C@H]1[C@]2(C)CO[C@@]1(C)CC(OC(=O)[C@H](OC)c1ccc(C(F)(F)F)cc1)C2. The number of rotatable bonds is 6. The van der Waals surface area contributed by atoms with Crippen LogP contribution >= 0.6 is 0 Å². The number of alkyl halides is 3. The molecule has 2 bridgehead atoms. The first-order valence-electron chi connectivity index (χ1n) is 10.2. The molecule has 3 rings (SSSR count). The van der Waals surface area contributed by atoms with Gasteiger partial charge in [0.2, 0.25) is 0 Å². The molecule has 166 valence electrons. The molecule has 1 saturated carbocycles. The van der Waals surface area contributed by atoms with Crippen LogP contribution in [0, 0.1) is 11.3 Å². The van der Waals surface area contributed by atoms with Crippen molar-refractivity contribution in [1.29, 1.82) is 0 Å². The zero-order valence-electron chi connectivity index (χ0n) is 17.8. The van der Waals surface area contributed by atoms with E-state index in [-0.39, 0.29) is 17.1 Å². The summed E-state index contributed by atoms with van der Waals surface area (Å²) in [5.41, 5.74) is -0.930. The first kappa shape index (κ1) is 22.8. The molecule has 1 aliphatic heterocycles. The molecule has 1 saturated heterocycles. The molecule has 0 radical (unpaired) electrons. The minimum absolute atomic E-state index is 0.103. The number of halogens is 3. The lowest BCUT2D eigenvalue weighted by Crippen LogP contribution is -2.48. The Hall–Kier alpha value is -1.86. The zero-order valence-corrected chi connectivity index (χ0v) is 17.8. The molecule has 2 aliphatic rings. The maximum absolute atomic E-state index is 12.8.